The minimum Gasteiger partial charge on any atom is -0.494 e. The van der Waals surface area contributed by atoms with Crippen molar-refractivity contribution in [2.24, 2.45) is 4.99 Å². The highest BCUT2D eigenvalue weighted by atomic mass is 79.9. The van der Waals surface area contributed by atoms with Gasteiger partial charge in [-0.3, -0.25) is 14.9 Å². The second-order valence-corrected chi connectivity index (χ2v) is 6.12. The molecule has 0 spiro atoms. The van der Waals surface area contributed by atoms with Gasteiger partial charge in [-0.05, 0) is 34.1 Å². The molecule has 7 nitrogen and oxygen atoms in total. The van der Waals surface area contributed by atoms with Gasteiger partial charge in [0.25, 0.3) is 5.69 Å². The van der Waals surface area contributed by atoms with Gasteiger partial charge in [0.05, 0.1) is 26.2 Å². The van der Waals surface area contributed by atoms with E-state index in [2.05, 4.69) is 25.9 Å². The molecule has 1 aliphatic rings. The molecule has 0 saturated heterocycles. The third kappa shape index (κ3) is 1.96. The minimum atomic E-state index is -0.537. The summed E-state index contributed by atoms with van der Waals surface area (Å²) in [6.07, 6.45) is 0. The first-order chi connectivity index (χ1) is 11.5. The van der Waals surface area contributed by atoms with Crippen LogP contribution in [0.1, 0.15) is 15.9 Å². The van der Waals surface area contributed by atoms with Crippen LogP contribution >= 0.6 is 15.9 Å². The first kappa shape index (κ1) is 14.6. The third-order valence-electron chi connectivity index (χ3n) is 3.88. The number of aromatic nitrogens is 1. The molecule has 4 rings (SSSR count). The Bertz CT molecular complexity index is 1080. The number of para-hydroxylation sites is 1. The molecule has 2 aromatic carbocycles. The van der Waals surface area contributed by atoms with Crippen LogP contribution < -0.4 is 0 Å². The van der Waals surface area contributed by atoms with Crippen molar-refractivity contribution in [3.63, 3.8) is 0 Å². The van der Waals surface area contributed by atoms with E-state index in [1.807, 2.05) is 0 Å². The molecule has 8 heteroatoms. The Kier molecular flexibility index (Phi) is 3.04. The number of hydrogen-bond donors (Lipinski definition) is 2. The van der Waals surface area contributed by atoms with Crippen LogP contribution in [0.3, 0.4) is 0 Å². The Hall–Kier alpha value is -3.00. The van der Waals surface area contributed by atoms with E-state index in [4.69, 9.17) is 0 Å². The number of H-pyrrole nitrogens is 1. The van der Waals surface area contributed by atoms with Gasteiger partial charge in [0, 0.05) is 17.0 Å². The molecule has 0 radical (unpaired) electrons. The van der Waals surface area contributed by atoms with Gasteiger partial charge < -0.3 is 10.1 Å². The van der Waals surface area contributed by atoms with E-state index >= 15 is 0 Å². The number of nitro benzene ring substituents is 1. The van der Waals surface area contributed by atoms with Crippen molar-refractivity contribution in [2.75, 3.05) is 0 Å². The van der Waals surface area contributed by atoms with Gasteiger partial charge in [0.1, 0.15) is 5.71 Å². The highest BCUT2D eigenvalue weighted by molar-refractivity contribution is 9.10. The van der Waals surface area contributed by atoms with Crippen LogP contribution in [-0.4, -0.2) is 26.5 Å². The summed E-state index contributed by atoms with van der Waals surface area (Å²) in [7, 11) is 0. The molecule has 1 aromatic heterocycles. The summed E-state index contributed by atoms with van der Waals surface area (Å²) in [5, 5.41) is 21.8. The smallest absolute Gasteiger partial charge is 0.284 e. The summed E-state index contributed by atoms with van der Waals surface area (Å²) in [5.41, 5.74) is 1.49. The van der Waals surface area contributed by atoms with Crippen LogP contribution in [0.2, 0.25) is 0 Å². The summed E-state index contributed by atoms with van der Waals surface area (Å²) >= 11 is 3.13. The first-order valence-corrected chi connectivity index (χ1v) is 7.68. The van der Waals surface area contributed by atoms with E-state index in [9.17, 15) is 20.0 Å². The fourth-order valence-corrected chi connectivity index (χ4v) is 3.29. The molecule has 0 atom stereocenters. The van der Waals surface area contributed by atoms with Crippen LogP contribution in [0.5, 0.6) is 5.88 Å². The zero-order valence-corrected chi connectivity index (χ0v) is 13.5. The average molecular weight is 386 g/mol. The SMILES string of the molecule is O=C1C(c2c(O)[nH]c3cc(Br)c([N+](=O)[O-])cc23)=Nc2ccccc21. The predicted molar refractivity (Wildman–Crippen MR) is 91.3 cm³/mol. The van der Waals surface area contributed by atoms with Gasteiger partial charge in [0.2, 0.25) is 5.78 Å². The number of rotatable bonds is 2. The summed E-state index contributed by atoms with van der Waals surface area (Å²) in [5.74, 6) is -0.579. The van der Waals surface area contributed by atoms with Crippen molar-refractivity contribution in [1.29, 1.82) is 0 Å². The molecule has 0 saturated carbocycles. The topological polar surface area (TPSA) is 109 Å². The Labute approximate surface area is 142 Å². The highest BCUT2D eigenvalue weighted by Gasteiger charge is 2.30. The summed E-state index contributed by atoms with van der Waals surface area (Å²) in [6.45, 7) is 0. The Morgan fingerprint density at radius 1 is 1.25 bits per heavy atom. The van der Waals surface area contributed by atoms with Crippen LogP contribution in [0.15, 0.2) is 45.9 Å². The molecule has 0 amide bonds. The van der Waals surface area contributed by atoms with Gasteiger partial charge in [0.15, 0.2) is 5.88 Å². The van der Waals surface area contributed by atoms with Crippen molar-refractivity contribution in [1.82, 2.24) is 4.98 Å². The molecule has 24 heavy (non-hydrogen) atoms. The number of aliphatic imine (C=N–C) groups is 1. The fraction of sp³-hybridized carbons (Fsp3) is 0. The number of nitro groups is 1. The standard InChI is InChI=1S/C16H8BrN3O4/c17-9-6-11-8(5-12(9)20(23)24)13(16(22)19-11)14-15(21)7-3-1-2-4-10(7)18-14/h1-6,19,22H. The van der Waals surface area contributed by atoms with Gasteiger partial charge in [-0.1, -0.05) is 12.1 Å². The van der Waals surface area contributed by atoms with E-state index in [0.29, 0.717) is 22.2 Å². The van der Waals surface area contributed by atoms with E-state index in [1.54, 1.807) is 24.3 Å². The van der Waals surface area contributed by atoms with Crippen molar-refractivity contribution in [3.05, 3.63) is 62.1 Å². The minimum absolute atomic E-state index is 0.0663. The highest BCUT2D eigenvalue weighted by Crippen LogP contribution is 2.38. The number of fused-ring (bicyclic) bond motifs is 2. The van der Waals surface area contributed by atoms with Crippen molar-refractivity contribution < 1.29 is 14.8 Å². The number of carbonyl (C=O) groups is 1. The number of benzene rings is 2. The number of aromatic hydroxyl groups is 1. The molecule has 0 fully saturated rings. The molecule has 0 aliphatic carbocycles. The van der Waals surface area contributed by atoms with Gasteiger partial charge in [-0.25, -0.2) is 4.99 Å². The molecular formula is C16H8BrN3O4. The number of nitrogens with one attached hydrogen (secondary N) is 1. The zero-order chi connectivity index (χ0) is 17.0. The van der Waals surface area contributed by atoms with Crippen LogP contribution in [0, 0.1) is 10.1 Å². The number of ketones is 1. The Balaban J connectivity index is 1.99. The average Bonchev–Trinajstić information content (AvgIpc) is 3.02. The molecule has 0 unspecified atom stereocenters. The second-order valence-electron chi connectivity index (χ2n) is 5.26. The molecular weight excluding hydrogens is 378 g/mol. The van der Waals surface area contributed by atoms with E-state index in [1.165, 1.54) is 12.1 Å². The normalized spacial score (nSPS) is 13.2. The Morgan fingerprint density at radius 2 is 2.00 bits per heavy atom. The second kappa shape index (κ2) is 5.00. The number of Topliss-reactive ketones (excluding diaryl/α,β-unsaturated/α-hetero) is 1. The molecule has 0 bridgehead atoms. The monoisotopic (exact) mass is 385 g/mol. The largest absolute Gasteiger partial charge is 0.494 e. The van der Waals surface area contributed by atoms with Gasteiger partial charge in [-0.2, -0.15) is 0 Å². The summed E-state index contributed by atoms with van der Waals surface area (Å²) < 4.78 is 0.274. The number of halogens is 1. The summed E-state index contributed by atoms with van der Waals surface area (Å²) in [6, 6.07) is 9.64. The number of aromatic amines is 1. The number of hydrogen-bond acceptors (Lipinski definition) is 5. The lowest BCUT2D eigenvalue weighted by Gasteiger charge is -2.00. The maximum atomic E-state index is 12.6. The zero-order valence-electron chi connectivity index (χ0n) is 11.9. The fourth-order valence-electron chi connectivity index (χ4n) is 2.80. The van der Waals surface area contributed by atoms with Crippen molar-refractivity contribution in [2.45, 2.75) is 0 Å². The van der Waals surface area contributed by atoms with Crippen LogP contribution in [-0.2, 0) is 0 Å². The lowest BCUT2D eigenvalue weighted by molar-refractivity contribution is -0.385. The van der Waals surface area contributed by atoms with Crippen LogP contribution in [0.25, 0.3) is 10.9 Å². The summed E-state index contributed by atoms with van der Waals surface area (Å²) in [4.78, 5) is 30.2. The van der Waals surface area contributed by atoms with E-state index in [-0.39, 0.29) is 33.1 Å². The maximum Gasteiger partial charge on any atom is 0.284 e. The molecule has 2 heterocycles. The number of carbonyl (C=O) groups excluding carboxylic acids is 1. The molecule has 1 aliphatic heterocycles. The third-order valence-corrected chi connectivity index (χ3v) is 4.51. The lowest BCUT2D eigenvalue weighted by Crippen LogP contribution is -2.10. The van der Waals surface area contributed by atoms with Crippen molar-refractivity contribution in [3.8, 4) is 5.88 Å². The van der Waals surface area contributed by atoms with Crippen molar-refractivity contribution >= 4 is 49.7 Å². The van der Waals surface area contributed by atoms with E-state index < -0.39 is 4.92 Å². The van der Waals surface area contributed by atoms with Gasteiger partial charge in [-0.15, -0.1) is 0 Å². The molecule has 3 aromatic rings. The lowest BCUT2D eigenvalue weighted by atomic mass is 10.0. The van der Waals surface area contributed by atoms with Gasteiger partial charge >= 0.3 is 0 Å². The Morgan fingerprint density at radius 3 is 2.71 bits per heavy atom. The van der Waals surface area contributed by atoms with Crippen LogP contribution in [0.4, 0.5) is 11.4 Å². The quantitative estimate of drug-likeness (QED) is 0.515. The maximum absolute atomic E-state index is 12.6. The number of nitrogens with zero attached hydrogens (tertiary/aromatic N) is 2. The van der Waals surface area contributed by atoms with E-state index in [0.717, 1.165) is 0 Å². The molecule has 118 valence electrons. The molecule has 2 N–H and O–H groups in total. The predicted octanol–water partition coefficient (Wildman–Crippen LogP) is 3.86. The first-order valence-electron chi connectivity index (χ1n) is 6.88.